The summed E-state index contributed by atoms with van der Waals surface area (Å²) in [6.07, 6.45) is 11.4. The molecule has 0 spiro atoms. The Balaban J connectivity index is 1.18. The van der Waals surface area contributed by atoms with E-state index < -0.39 is 23.0 Å². The van der Waals surface area contributed by atoms with Gasteiger partial charge in [0.1, 0.15) is 11.7 Å². The summed E-state index contributed by atoms with van der Waals surface area (Å²) in [4.78, 5) is 53.4. The molecule has 6 aliphatic rings. The average molecular weight is 767 g/mol. The number of fused-ring (bicyclic) bond motifs is 7. The van der Waals surface area contributed by atoms with Crippen molar-refractivity contribution in [3.05, 3.63) is 12.2 Å². The fourth-order valence-electron chi connectivity index (χ4n) is 14.4. The van der Waals surface area contributed by atoms with Gasteiger partial charge < -0.3 is 24.8 Å². The number of carboxylic acids is 1. The zero-order valence-corrected chi connectivity index (χ0v) is 36.2. The Morgan fingerprint density at radius 3 is 2.16 bits per heavy atom. The predicted molar refractivity (Wildman–Crippen MR) is 214 cm³/mol. The van der Waals surface area contributed by atoms with Crippen molar-refractivity contribution < 1.29 is 33.8 Å². The summed E-state index contributed by atoms with van der Waals surface area (Å²) < 4.78 is 11.8. The van der Waals surface area contributed by atoms with E-state index in [1.54, 1.807) is 18.7 Å². The number of hydrogen-bond donors (Lipinski definition) is 2. The van der Waals surface area contributed by atoms with Gasteiger partial charge in [-0.15, -0.1) is 0 Å². The van der Waals surface area contributed by atoms with Crippen molar-refractivity contribution >= 4 is 23.9 Å². The summed E-state index contributed by atoms with van der Waals surface area (Å²) in [6, 6.07) is -0.0493. The van der Waals surface area contributed by atoms with Crippen molar-refractivity contribution in [3.63, 3.8) is 0 Å². The maximum atomic E-state index is 14.0. The van der Waals surface area contributed by atoms with Gasteiger partial charge in [0.15, 0.2) is 0 Å². The number of carbonyl (C=O) groups is 4. The number of amides is 2. The van der Waals surface area contributed by atoms with Gasteiger partial charge in [-0.25, -0.2) is 4.79 Å². The summed E-state index contributed by atoms with van der Waals surface area (Å²) in [5.74, 6) is 1.08. The van der Waals surface area contributed by atoms with Gasteiger partial charge in [0.25, 0.3) is 0 Å². The minimum Gasteiger partial charge on any atom is -0.481 e. The van der Waals surface area contributed by atoms with Crippen molar-refractivity contribution in [1.29, 1.82) is 0 Å². The Kier molecular flexibility index (Phi) is 10.7. The zero-order chi connectivity index (χ0) is 40.7. The molecule has 11 atom stereocenters. The lowest BCUT2D eigenvalue weighted by Crippen LogP contribution is -2.67. The molecule has 2 amide bonds. The molecule has 9 nitrogen and oxygen atoms in total. The van der Waals surface area contributed by atoms with E-state index in [0.717, 1.165) is 57.8 Å². The van der Waals surface area contributed by atoms with Gasteiger partial charge in [0.05, 0.1) is 11.8 Å². The number of ether oxygens (including phenoxy) is 2. The Bertz CT molecular complexity index is 1560. The van der Waals surface area contributed by atoms with Crippen LogP contribution in [0.5, 0.6) is 0 Å². The van der Waals surface area contributed by atoms with Crippen molar-refractivity contribution in [2.75, 3.05) is 13.1 Å². The Labute approximate surface area is 331 Å². The molecule has 0 bridgehead atoms. The standard InChI is InChI=1S/C46H74N2O7/c1-28(2)30-15-21-46(25-35(49)47-29-18-24-48(27-29)39(53)55-40(3,4)5)23-22-44(11)31(37(30)46)13-14-33-43(10)19-17-34(54-36(50)26-41(6,7)38(51)52)42(8,9)32(43)16-20-45(33,44)12/h29-34,37H,1,13-27H2,2-12H3,(H,47,49)(H,51,52)/t29-,30-,31+,32-,33+,34-,37+,43-,44+,45+,46+/m0/s1. The third-order valence-corrected chi connectivity index (χ3v) is 17.3. The van der Waals surface area contributed by atoms with Gasteiger partial charge in [-0.05, 0) is 163 Å². The lowest BCUT2D eigenvalue weighted by atomic mass is 9.32. The Morgan fingerprint density at radius 2 is 1.53 bits per heavy atom. The average Bonchev–Trinajstić information content (AvgIpc) is 3.67. The minimum absolute atomic E-state index is 0.0369. The van der Waals surface area contributed by atoms with Crippen LogP contribution < -0.4 is 5.32 Å². The molecule has 5 aliphatic carbocycles. The van der Waals surface area contributed by atoms with Crippen molar-refractivity contribution in [3.8, 4) is 0 Å². The van der Waals surface area contributed by atoms with Crippen molar-refractivity contribution in [2.24, 2.45) is 62.1 Å². The van der Waals surface area contributed by atoms with Gasteiger partial charge >= 0.3 is 18.0 Å². The molecule has 55 heavy (non-hydrogen) atoms. The molecule has 0 radical (unpaired) electrons. The number of rotatable bonds is 8. The largest absolute Gasteiger partial charge is 0.481 e. The molecule has 0 unspecified atom stereocenters. The van der Waals surface area contributed by atoms with Crippen LogP contribution in [-0.4, -0.2) is 64.8 Å². The third kappa shape index (κ3) is 7.16. The van der Waals surface area contributed by atoms with Crippen LogP contribution >= 0.6 is 0 Å². The molecule has 9 heteroatoms. The second-order valence-corrected chi connectivity index (χ2v) is 22.4. The Morgan fingerprint density at radius 1 is 0.836 bits per heavy atom. The molecular formula is C46H74N2O7. The molecule has 1 heterocycles. The molecule has 1 saturated heterocycles. The number of esters is 1. The second kappa shape index (κ2) is 14.1. The third-order valence-electron chi connectivity index (χ3n) is 17.3. The molecule has 5 saturated carbocycles. The van der Waals surface area contributed by atoms with Crippen LogP contribution in [-0.2, 0) is 23.9 Å². The molecule has 6 fully saturated rings. The van der Waals surface area contributed by atoms with Gasteiger partial charge in [-0.2, -0.15) is 0 Å². The first-order chi connectivity index (χ1) is 25.3. The van der Waals surface area contributed by atoms with E-state index in [0.29, 0.717) is 49.1 Å². The number of nitrogens with one attached hydrogen (secondary N) is 1. The van der Waals surface area contributed by atoms with Crippen LogP contribution in [0.4, 0.5) is 4.79 Å². The topological polar surface area (TPSA) is 122 Å². The minimum atomic E-state index is -1.16. The predicted octanol–water partition coefficient (Wildman–Crippen LogP) is 9.57. The van der Waals surface area contributed by atoms with E-state index in [1.165, 1.54) is 18.4 Å². The SMILES string of the molecule is C=C(C)[C@@H]1CC[C@]2(CC(=O)N[C@H]3CCN(C(=O)OC(C)(C)C)C3)CC[C@]3(C)[C@H](CC[C@@H]4[C@@]5(C)CC[C@H](OC(=O)CC(C)(C)C(=O)O)C(C)(C)[C@@H]5CC[C@]43C)[C@@H]12. The molecule has 0 aromatic heterocycles. The molecule has 1 aliphatic heterocycles. The molecule has 0 aromatic rings. The summed E-state index contributed by atoms with van der Waals surface area (Å²) in [7, 11) is 0. The summed E-state index contributed by atoms with van der Waals surface area (Å²) in [5.41, 5.74) is -0.289. The fraction of sp³-hybridized carbons (Fsp3) is 0.870. The van der Waals surface area contributed by atoms with Crippen molar-refractivity contribution in [1.82, 2.24) is 10.2 Å². The van der Waals surface area contributed by atoms with E-state index in [9.17, 15) is 24.3 Å². The van der Waals surface area contributed by atoms with Gasteiger partial charge in [-0.3, -0.25) is 14.4 Å². The maximum Gasteiger partial charge on any atom is 0.410 e. The number of carboxylic acid groups (broad SMARTS) is 1. The molecular weight excluding hydrogens is 693 g/mol. The summed E-state index contributed by atoms with van der Waals surface area (Å²) in [6.45, 7) is 29.1. The van der Waals surface area contributed by atoms with Crippen molar-refractivity contribution in [2.45, 2.75) is 177 Å². The highest BCUT2D eigenvalue weighted by atomic mass is 16.6. The Hall–Kier alpha value is -2.58. The number of allylic oxidation sites excluding steroid dienone is 1. The van der Waals surface area contributed by atoms with E-state index >= 15 is 0 Å². The highest BCUT2D eigenvalue weighted by Crippen LogP contribution is 2.78. The van der Waals surface area contributed by atoms with Crippen LogP contribution in [0.1, 0.15) is 160 Å². The summed E-state index contributed by atoms with van der Waals surface area (Å²) in [5, 5.41) is 13.0. The fourth-order valence-corrected chi connectivity index (χ4v) is 14.4. The molecule has 310 valence electrons. The zero-order valence-electron chi connectivity index (χ0n) is 36.2. The molecule has 6 rings (SSSR count). The number of likely N-dealkylation sites (tertiary alicyclic amines) is 1. The first kappa shape index (κ1) is 42.0. The number of nitrogens with zero attached hydrogens (tertiary/aromatic N) is 1. The maximum absolute atomic E-state index is 14.0. The van der Waals surface area contributed by atoms with Gasteiger partial charge in [-0.1, -0.05) is 46.8 Å². The number of carbonyl (C=O) groups excluding carboxylic acids is 3. The van der Waals surface area contributed by atoms with Crippen LogP contribution in [0.3, 0.4) is 0 Å². The van der Waals surface area contributed by atoms with E-state index in [4.69, 9.17) is 9.47 Å². The van der Waals surface area contributed by atoms with Crippen LogP contribution in [0.25, 0.3) is 0 Å². The first-order valence-corrected chi connectivity index (χ1v) is 21.7. The van der Waals surface area contributed by atoms with E-state index in [-0.39, 0.29) is 57.6 Å². The monoisotopic (exact) mass is 767 g/mol. The smallest absolute Gasteiger partial charge is 0.410 e. The quantitative estimate of drug-likeness (QED) is 0.186. The highest BCUT2D eigenvalue weighted by Gasteiger charge is 2.71. The molecule has 2 N–H and O–H groups in total. The van der Waals surface area contributed by atoms with Crippen LogP contribution in [0.2, 0.25) is 0 Å². The second-order valence-electron chi connectivity index (χ2n) is 22.4. The van der Waals surface area contributed by atoms with Gasteiger partial charge in [0.2, 0.25) is 5.91 Å². The molecule has 0 aromatic carbocycles. The lowest BCUT2D eigenvalue weighted by Gasteiger charge is -2.73. The first-order valence-electron chi connectivity index (χ1n) is 21.7. The summed E-state index contributed by atoms with van der Waals surface area (Å²) >= 11 is 0. The highest BCUT2D eigenvalue weighted by molar-refractivity contribution is 5.81. The lowest BCUT2D eigenvalue weighted by molar-refractivity contribution is -0.250. The van der Waals surface area contributed by atoms with Gasteiger partial charge in [0, 0.05) is 31.0 Å². The van der Waals surface area contributed by atoms with Crippen LogP contribution in [0, 0.1) is 62.1 Å². The number of hydrogen-bond acceptors (Lipinski definition) is 6. The number of aliphatic carboxylic acids is 1. The van der Waals surface area contributed by atoms with E-state index in [1.807, 2.05) is 20.8 Å². The van der Waals surface area contributed by atoms with E-state index in [2.05, 4.69) is 53.4 Å². The normalized spacial score (nSPS) is 40.9. The van der Waals surface area contributed by atoms with Crippen LogP contribution in [0.15, 0.2) is 12.2 Å².